The van der Waals surface area contributed by atoms with Crippen LogP contribution in [0.2, 0.25) is 0 Å². The Hall–Kier alpha value is -1.97. The first kappa shape index (κ1) is 13.0. The molecule has 0 aliphatic heterocycles. The third kappa shape index (κ3) is 2.15. The van der Waals surface area contributed by atoms with Crippen LogP contribution in [-0.4, -0.2) is 16.9 Å². The summed E-state index contributed by atoms with van der Waals surface area (Å²) in [6.45, 7) is 0. The molecule has 4 heteroatoms. The molecule has 106 valence electrons. The third-order valence-electron chi connectivity index (χ3n) is 4.22. The highest BCUT2D eigenvalue weighted by atomic mass is 16.5. The fourth-order valence-electron chi connectivity index (χ4n) is 3.12. The van der Waals surface area contributed by atoms with Crippen LogP contribution >= 0.6 is 0 Å². The number of hydrogen-bond donors (Lipinski definition) is 1. The van der Waals surface area contributed by atoms with Crippen LogP contribution in [0.1, 0.15) is 37.3 Å². The van der Waals surface area contributed by atoms with Gasteiger partial charge < -0.3 is 10.5 Å². The second-order valence-corrected chi connectivity index (χ2v) is 5.48. The number of nitrogens with zero attached hydrogens (tertiary/aromatic N) is 2. The van der Waals surface area contributed by atoms with Crippen LogP contribution in [0.25, 0.3) is 11.1 Å². The molecule has 20 heavy (non-hydrogen) atoms. The number of anilines is 1. The van der Waals surface area contributed by atoms with Gasteiger partial charge in [-0.25, -0.2) is 0 Å². The Morgan fingerprint density at radius 3 is 2.75 bits per heavy atom. The van der Waals surface area contributed by atoms with Gasteiger partial charge >= 0.3 is 0 Å². The van der Waals surface area contributed by atoms with Crippen molar-refractivity contribution in [1.29, 1.82) is 0 Å². The lowest BCUT2D eigenvalue weighted by atomic mass is 9.95. The molecule has 0 amide bonds. The van der Waals surface area contributed by atoms with E-state index in [4.69, 9.17) is 10.5 Å². The van der Waals surface area contributed by atoms with E-state index in [-0.39, 0.29) is 0 Å². The Kier molecular flexibility index (Phi) is 3.38. The van der Waals surface area contributed by atoms with E-state index in [9.17, 15) is 0 Å². The zero-order valence-electron chi connectivity index (χ0n) is 12.1. The van der Waals surface area contributed by atoms with Crippen LogP contribution in [-0.2, 0) is 7.05 Å². The van der Waals surface area contributed by atoms with Crippen molar-refractivity contribution in [3.63, 3.8) is 0 Å². The molecule has 1 aromatic heterocycles. The summed E-state index contributed by atoms with van der Waals surface area (Å²) in [5.41, 5.74) is 9.58. The summed E-state index contributed by atoms with van der Waals surface area (Å²) in [5, 5.41) is 4.67. The number of benzene rings is 1. The van der Waals surface area contributed by atoms with Crippen molar-refractivity contribution < 1.29 is 4.74 Å². The molecule has 3 rings (SSSR count). The number of ether oxygens (including phenoxy) is 1. The SMILES string of the molecule is COc1cccc(-c2c(C3CCCC3)nn(C)c2N)c1. The molecule has 1 aromatic carbocycles. The largest absolute Gasteiger partial charge is 0.497 e. The molecule has 1 saturated carbocycles. The maximum absolute atomic E-state index is 6.25. The monoisotopic (exact) mass is 271 g/mol. The average molecular weight is 271 g/mol. The molecule has 0 saturated heterocycles. The smallest absolute Gasteiger partial charge is 0.129 e. The number of aryl methyl sites for hydroxylation is 1. The van der Waals surface area contributed by atoms with Gasteiger partial charge in [-0.3, -0.25) is 4.68 Å². The van der Waals surface area contributed by atoms with Gasteiger partial charge in [0.05, 0.1) is 12.8 Å². The van der Waals surface area contributed by atoms with E-state index in [2.05, 4.69) is 11.2 Å². The number of nitrogen functional groups attached to an aromatic ring is 1. The van der Waals surface area contributed by atoms with Crippen LogP contribution < -0.4 is 10.5 Å². The summed E-state index contributed by atoms with van der Waals surface area (Å²) in [6, 6.07) is 8.06. The predicted molar refractivity (Wildman–Crippen MR) is 80.8 cm³/mol. The summed E-state index contributed by atoms with van der Waals surface area (Å²) in [4.78, 5) is 0. The van der Waals surface area contributed by atoms with Crippen LogP contribution in [0.15, 0.2) is 24.3 Å². The van der Waals surface area contributed by atoms with Crippen molar-refractivity contribution >= 4 is 5.82 Å². The summed E-state index contributed by atoms with van der Waals surface area (Å²) < 4.78 is 7.11. The molecule has 1 heterocycles. The van der Waals surface area contributed by atoms with E-state index in [1.807, 2.05) is 25.2 Å². The minimum atomic E-state index is 0.541. The topological polar surface area (TPSA) is 53.1 Å². The van der Waals surface area contributed by atoms with Crippen LogP contribution in [0.3, 0.4) is 0 Å². The number of methoxy groups -OCH3 is 1. The van der Waals surface area contributed by atoms with Gasteiger partial charge in [0.2, 0.25) is 0 Å². The maximum atomic E-state index is 6.25. The lowest BCUT2D eigenvalue weighted by molar-refractivity contribution is 0.415. The fourth-order valence-corrected chi connectivity index (χ4v) is 3.12. The van der Waals surface area contributed by atoms with E-state index in [0.29, 0.717) is 5.92 Å². The lowest BCUT2D eigenvalue weighted by Crippen LogP contribution is -1.98. The third-order valence-corrected chi connectivity index (χ3v) is 4.22. The Balaban J connectivity index is 2.11. The zero-order valence-corrected chi connectivity index (χ0v) is 12.1. The van der Waals surface area contributed by atoms with Crippen molar-refractivity contribution in [3.8, 4) is 16.9 Å². The van der Waals surface area contributed by atoms with Crippen LogP contribution in [0, 0.1) is 0 Å². The Bertz CT molecular complexity index is 612. The highest BCUT2D eigenvalue weighted by Gasteiger charge is 2.26. The van der Waals surface area contributed by atoms with Crippen LogP contribution in [0.5, 0.6) is 5.75 Å². The minimum absolute atomic E-state index is 0.541. The summed E-state index contributed by atoms with van der Waals surface area (Å²) in [7, 11) is 3.60. The number of hydrogen-bond acceptors (Lipinski definition) is 3. The first-order valence-corrected chi connectivity index (χ1v) is 7.17. The molecule has 1 aliphatic rings. The fraction of sp³-hybridized carbons (Fsp3) is 0.438. The molecular formula is C16H21N3O. The Labute approximate surface area is 119 Å². The summed E-state index contributed by atoms with van der Waals surface area (Å²) in [5.74, 6) is 2.13. The molecule has 2 N–H and O–H groups in total. The number of rotatable bonds is 3. The van der Waals surface area contributed by atoms with Gasteiger partial charge in [0.15, 0.2) is 0 Å². The van der Waals surface area contributed by atoms with Crippen molar-refractivity contribution in [3.05, 3.63) is 30.0 Å². The van der Waals surface area contributed by atoms with Crippen molar-refractivity contribution in [1.82, 2.24) is 9.78 Å². The van der Waals surface area contributed by atoms with E-state index >= 15 is 0 Å². The normalized spacial score (nSPS) is 15.7. The molecule has 0 spiro atoms. The number of nitrogens with two attached hydrogens (primary N) is 1. The minimum Gasteiger partial charge on any atom is -0.497 e. The summed E-state index contributed by atoms with van der Waals surface area (Å²) in [6.07, 6.45) is 5.01. The highest BCUT2D eigenvalue weighted by Crippen LogP contribution is 2.41. The number of aromatic nitrogens is 2. The predicted octanol–water partition coefficient (Wildman–Crippen LogP) is 3.34. The standard InChI is InChI=1S/C16H21N3O/c1-19-16(17)14(12-8-5-9-13(10-12)20-2)15(18-19)11-6-3-4-7-11/h5,8-11H,3-4,6-7,17H2,1-2H3. The molecule has 1 fully saturated rings. The maximum Gasteiger partial charge on any atom is 0.129 e. The van der Waals surface area contributed by atoms with Crippen molar-refractivity contribution in [2.75, 3.05) is 12.8 Å². The molecule has 0 atom stereocenters. The van der Waals surface area contributed by atoms with Gasteiger partial charge in [-0.1, -0.05) is 25.0 Å². The van der Waals surface area contributed by atoms with Gasteiger partial charge in [-0.2, -0.15) is 5.10 Å². The summed E-state index contributed by atoms with van der Waals surface area (Å²) >= 11 is 0. The van der Waals surface area contributed by atoms with Crippen molar-refractivity contribution in [2.45, 2.75) is 31.6 Å². The van der Waals surface area contributed by atoms with E-state index < -0.39 is 0 Å². The molecule has 4 nitrogen and oxygen atoms in total. The molecule has 1 aliphatic carbocycles. The highest BCUT2D eigenvalue weighted by molar-refractivity contribution is 5.78. The van der Waals surface area contributed by atoms with Gasteiger partial charge in [0.25, 0.3) is 0 Å². The second-order valence-electron chi connectivity index (χ2n) is 5.48. The van der Waals surface area contributed by atoms with Gasteiger partial charge in [-0.05, 0) is 30.5 Å². The molecule has 0 unspecified atom stereocenters. The van der Waals surface area contributed by atoms with Crippen molar-refractivity contribution in [2.24, 2.45) is 7.05 Å². The van der Waals surface area contributed by atoms with Crippen LogP contribution in [0.4, 0.5) is 5.82 Å². The van der Waals surface area contributed by atoms with Gasteiger partial charge in [0, 0.05) is 18.5 Å². The zero-order chi connectivity index (χ0) is 14.1. The van der Waals surface area contributed by atoms with E-state index in [0.717, 1.165) is 28.4 Å². The first-order chi connectivity index (χ1) is 9.70. The molecule has 2 aromatic rings. The van der Waals surface area contributed by atoms with Gasteiger partial charge in [-0.15, -0.1) is 0 Å². The first-order valence-electron chi connectivity index (χ1n) is 7.17. The van der Waals surface area contributed by atoms with E-state index in [1.54, 1.807) is 11.8 Å². The molecular weight excluding hydrogens is 250 g/mol. The second kappa shape index (κ2) is 5.19. The Morgan fingerprint density at radius 1 is 1.30 bits per heavy atom. The molecule has 0 bridgehead atoms. The average Bonchev–Trinajstić information content (AvgIpc) is 3.08. The van der Waals surface area contributed by atoms with E-state index in [1.165, 1.54) is 25.7 Å². The quantitative estimate of drug-likeness (QED) is 0.931. The lowest BCUT2D eigenvalue weighted by Gasteiger charge is -2.10. The Morgan fingerprint density at radius 2 is 2.05 bits per heavy atom. The van der Waals surface area contributed by atoms with Gasteiger partial charge in [0.1, 0.15) is 11.6 Å². The molecule has 0 radical (unpaired) electrons.